The third-order valence-corrected chi connectivity index (χ3v) is 5.68. The highest BCUT2D eigenvalue weighted by Gasteiger charge is 2.27. The minimum absolute atomic E-state index is 0.0856. The molecule has 1 aromatic heterocycles. The Hall–Kier alpha value is -0.650. The Morgan fingerprint density at radius 3 is 2.80 bits per heavy atom. The Bertz CT molecular complexity index is 507. The topological polar surface area (TPSA) is 59.1 Å². The monoisotopic (exact) mass is 316 g/mol. The fraction of sp³-hybridized carbons (Fsp3) is 0.643. The summed E-state index contributed by atoms with van der Waals surface area (Å²) >= 11 is 5.91. The summed E-state index contributed by atoms with van der Waals surface area (Å²) in [5.74, 6) is 1.55. The van der Waals surface area contributed by atoms with Crippen LogP contribution in [0.5, 0.6) is 0 Å². The van der Waals surface area contributed by atoms with Crippen molar-refractivity contribution in [1.82, 2.24) is 9.71 Å². The first-order valence-corrected chi connectivity index (χ1v) is 9.22. The van der Waals surface area contributed by atoms with Crippen LogP contribution in [0.15, 0.2) is 24.4 Å². The van der Waals surface area contributed by atoms with Crippen LogP contribution in [-0.4, -0.2) is 31.6 Å². The molecule has 0 aromatic carbocycles. The number of aromatic nitrogens is 1. The van der Waals surface area contributed by atoms with E-state index in [2.05, 4.69) is 9.71 Å². The van der Waals surface area contributed by atoms with Crippen molar-refractivity contribution in [3.05, 3.63) is 30.1 Å². The molecule has 0 aliphatic heterocycles. The highest BCUT2D eigenvalue weighted by atomic mass is 35.5. The number of nitrogens with one attached hydrogen (secondary N) is 1. The highest BCUT2D eigenvalue weighted by molar-refractivity contribution is 7.89. The number of nitrogens with zero attached hydrogens (tertiary/aromatic N) is 1. The van der Waals surface area contributed by atoms with E-state index in [1.165, 1.54) is 0 Å². The molecule has 20 heavy (non-hydrogen) atoms. The molecule has 0 spiro atoms. The third-order valence-electron chi connectivity index (χ3n) is 3.93. The number of hydrogen-bond acceptors (Lipinski definition) is 3. The number of alkyl halides is 1. The van der Waals surface area contributed by atoms with Gasteiger partial charge in [0.2, 0.25) is 10.0 Å². The number of sulfonamides is 1. The van der Waals surface area contributed by atoms with E-state index in [0.29, 0.717) is 30.7 Å². The number of pyridine rings is 1. The molecule has 0 radical (unpaired) electrons. The average molecular weight is 317 g/mol. The first-order chi connectivity index (χ1) is 9.61. The van der Waals surface area contributed by atoms with Gasteiger partial charge in [0.05, 0.1) is 5.75 Å². The molecule has 1 heterocycles. The summed E-state index contributed by atoms with van der Waals surface area (Å²) in [5, 5.41) is 0. The zero-order chi connectivity index (χ0) is 14.4. The van der Waals surface area contributed by atoms with E-state index in [0.717, 1.165) is 25.0 Å². The van der Waals surface area contributed by atoms with Crippen LogP contribution in [0.3, 0.4) is 0 Å². The van der Waals surface area contributed by atoms with Crippen molar-refractivity contribution >= 4 is 21.6 Å². The van der Waals surface area contributed by atoms with Crippen LogP contribution in [0.2, 0.25) is 0 Å². The van der Waals surface area contributed by atoms with Crippen LogP contribution in [0.1, 0.15) is 25.0 Å². The van der Waals surface area contributed by atoms with Crippen molar-refractivity contribution in [2.45, 2.75) is 25.7 Å². The minimum Gasteiger partial charge on any atom is -0.261 e. The summed E-state index contributed by atoms with van der Waals surface area (Å²) in [6.07, 6.45) is 5.46. The average Bonchev–Trinajstić information content (AvgIpc) is 2.92. The second kappa shape index (κ2) is 7.38. The SMILES string of the molecule is O=S(=O)(CCc1ccccn1)NCC1CCCC1CCl. The first kappa shape index (κ1) is 15.7. The van der Waals surface area contributed by atoms with Gasteiger partial charge in [0.15, 0.2) is 0 Å². The van der Waals surface area contributed by atoms with Crippen LogP contribution in [0, 0.1) is 11.8 Å². The third kappa shape index (κ3) is 4.72. The lowest BCUT2D eigenvalue weighted by atomic mass is 9.98. The van der Waals surface area contributed by atoms with Gasteiger partial charge in [0.25, 0.3) is 0 Å². The smallest absolute Gasteiger partial charge is 0.211 e. The summed E-state index contributed by atoms with van der Waals surface area (Å²) < 4.78 is 26.7. The van der Waals surface area contributed by atoms with Gasteiger partial charge >= 0.3 is 0 Å². The standard InChI is InChI=1S/C14H21ClN2O2S/c15-10-12-4-3-5-13(12)11-17-20(18,19)9-7-14-6-1-2-8-16-14/h1-2,6,8,12-13,17H,3-5,7,9-11H2. The quantitative estimate of drug-likeness (QED) is 0.785. The summed E-state index contributed by atoms with van der Waals surface area (Å²) in [6.45, 7) is 0.516. The van der Waals surface area contributed by atoms with Crippen LogP contribution in [0.4, 0.5) is 0 Å². The van der Waals surface area contributed by atoms with E-state index >= 15 is 0 Å². The van der Waals surface area contributed by atoms with Gasteiger partial charge in [-0.15, -0.1) is 11.6 Å². The van der Waals surface area contributed by atoms with E-state index in [-0.39, 0.29) is 5.75 Å². The lowest BCUT2D eigenvalue weighted by Gasteiger charge is -2.17. The molecule has 1 aromatic rings. The summed E-state index contributed by atoms with van der Waals surface area (Å²) in [6, 6.07) is 5.53. The van der Waals surface area contributed by atoms with Crippen molar-refractivity contribution in [3.8, 4) is 0 Å². The maximum atomic E-state index is 12.0. The molecule has 112 valence electrons. The molecular formula is C14H21ClN2O2S. The second-order valence-corrected chi connectivity index (χ2v) is 7.58. The van der Waals surface area contributed by atoms with Gasteiger partial charge in [-0.3, -0.25) is 4.98 Å². The predicted molar refractivity (Wildman–Crippen MR) is 81.3 cm³/mol. The van der Waals surface area contributed by atoms with Gasteiger partial charge in [-0.2, -0.15) is 0 Å². The number of aryl methyl sites for hydroxylation is 1. The van der Waals surface area contributed by atoms with Gasteiger partial charge in [-0.1, -0.05) is 12.5 Å². The molecule has 2 rings (SSSR count). The fourth-order valence-electron chi connectivity index (χ4n) is 2.68. The molecule has 1 aliphatic rings. The zero-order valence-corrected chi connectivity index (χ0v) is 13.0. The molecular weight excluding hydrogens is 296 g/mol. The Morgan fingerprint density at radius 2 is 2.10 bits per heavy atom. The molecule has 1 aliphatic carbocycles. The molecule has 1 fully saturated rings. The molecule has 1 saturated carbocycles. The fourth-order valence-corrected chi connectivity index (χ4v) is 4.17. The lowest BCUT2D eigenvalue weighted by molar-refractivity contribution is 0.418. The van der Waals surface area contributed by atoms with Gasteiger partial charge in [-0.05, 0) is 36.8 Å². The van der Waals surface area contributed by atoms with Crippen molar-refractivity contribution < 1.29 is 8.42 Å². The van der Waals surface area contributed by atoms with E-state index in [1.54, 1.807) is 6.20 Å². The molecule has 6 heteroatoms. The van der Waals surface area contributed by atoms with Crippen molar-refractivity contribution in [3.63, 3.8) is 0 Å². The van der Waals surface area contributed by atoms with Gasteiger partial charge in [-0.25, -0.2) is 13.1 Å². The maximum absolute atomic E-state index is 12.0. The van der Waals surface area contributed by atoms with E-state index in [4.69, 9.17) is 11.6 Å². The molecule has 4 nitrogen and oxygen atoms in total. The summed E-state index contributed by atoms with van der Waals surface area (Å²) in [7, 11) is -3.23. The van der Waals surface area contributed by atoms with Crippen molar-refractivity contribution in [2.24, 2.45) is 11.8 Å². The molecule has 0 saturated heterocycles. The molecule has 0 amide bonds. The zero-order valence-electron chi connectivity index (χ0n) is 11.5. The Labute approximate surface area is 126 Å². The van der Waals surface area contributed by atoms with Crippen molar-refractivity contribution in [1.29, 1.82) is 0 Å². The largest absolute Gasteiger partial charge is 0.261 e. The van der Waals surface area contributed by atoms with Crippen molar-refractivity contribution in [2.75, 3.05) is 18.2 Å². The van der Waals surface area contributed by atoms with Crippen LogP contribution in [0.25, 0.3) is 0 Å². The molecule has 2 atom stereocenters. The Balaban J connectivity index is 1.79. The van der Waals surface area contributed by atoms with E-state index in [9.17, 15) is 8.42 Å². The highest BCUT2D eigenvalue weighted by Crippen LogP contribution is 2.32. The summed E-state index contributed by atoms with van der Waals surface area (Å²) in [5.41, 5.74) is 0.803. The van der Waals surface area contributed by atoms with Gasteiger partial charge in [0.1, 0.15) is 0 Å². The molecule has 0 bridgehead atoms. The predicted octanol–water partition coefficient (Wildman–Crippen LogP) is 2.20. The van der Waals surface area contributed by atoms with Gasteiger partial charge < -0.3 is 0 Å². The molecule has 1 N–H and O–H groups in total. The second-order valence-electron chi connectivity index (χ2n) is 5.34. The number of hydrogen-bond donors (Lipinski definition) is 1. The maximum Gasteiger partial charge on any atom is 0.211 e. The van der Waals surface area contributed by atoms with E-state index < -0.39 is 10.0 Å². The first-order valence-electron chi connectivity index (χ1n) is 7.04. The number of halogens is 1. The van der Waals surface area contributed by atoms with Crippen LogP contribution in [-0.2, 0) is 16.4 Å². The Morgan fingerprint density at radius 1 is 1.30 bits per heavy atom. The number of rotatable bonds is 7. The van der Waals surface area contributed by atoms with Crippen LogP contribution >= 0.6 is 11.6 Å². The molecule has 2 unspecified atom stereocenters. The Kier molecular flexibility index (Phi) is 5.81. The van der Waals surface area contributed by atoms with Gasteiger partial charge in [0, 0.05) is 30.7 Å². The van der Waals surface area contributed by atoms with Crippen LogP contribution < -0.4 is 4.72 Å². The minimum atomic E-state index is -3.23. The van der Waals surface area contributed by atoms with E-state index in [1.807, 2.05) is 18.2 Å². The normalized spacial score (nSPS) is 23.1. The summed E-state index contributed by atoms with van der Waals surface area (Å²) in [4.78, 5) is 4.14. The lowest BCUT2D eigenvalue weighted by Crippen LogP contribution is -2.33.